The summed E-state index contributed by atoms with van der Waals surface area (Å²) in [5, 5.41) is 3.63. The number of amides is 2. The van der Waals surface area contributed by atoms with E-state index in [2.05, 4.69) is 5.32 Å². The molecule has 2 aliphatic carbocycles. The Labute approximate surface area is 216 Å². The first-order chi connectivity index (χ1) is 17.3. The van der Waals surface area contributed by atoms with Gasteiger partial charge in [-0.25, -0.2) is 4.39 Å². The van der Waals surface area contributed by atoms with Crippen molar-refractivity contribution >= 4 is 23.4 Å². The molecule has 2 saturated carbocycles. The first-order valence-electron chi connectivity index (χ1n) is 12.6. The van der Waals surface area contributed by atoms with Crippen molar-refractivity contribution in [1.82, 2.24) is 10.2 Å². The van der Waals surface area contributed by atoms with Crippen LogP contribution in [0.25, 0.3) is 0 Å². The van der Waals surface area contributed by atoms with E-state index in [9.17, 15) is 14.0 Å². The second-order valence-corrected chi connectivity index (χ2v) is 10.9. The van der Waals surface area contributed by atoms with Gasteiger partial charge >= 0.3 is 0 Å². The molecule has 2 aromatic carbocycles. The Bertz CT molecular complexity index is 1170. The lowest BCUT2D eigenvalue weighted by molar-refractivity contribution is -0.140. The van der Waals surface area contributed by atoms with Gasteiger partial charge in [-0.15, -0.1) is 0 Å². The van der Waals surface area contributed by atoms with Crippen molar-refractivity contribution in [3.8, 4) is 11.5 Å². The molecule has 2 aromatic rings. The lowest BCUT2D eigenvalue weighted by Gasteiger charge is -2.43. The second kappa shape index (κ2) is 9.58. The second-order valence-electron chi connectivity index (χ2n) is 10.5. The molecule has 2 amide bonds. The van der Waals surface area contributed by atoms with Crippen LogP contribution < -0.4 is 14.8 Å². The van der Waals surface area contributed by atoms with Crippen LogP contribution in [0.3, 0.4) is 0 Å². The largest absolute Gasteiger partial charge is 0.497 e. The number of carbonyl (C=O) groups is 2. The number of hydrogen-bond acceptors (Lipinski definition) is 4. The van der Waals surface area contributed by atoms with E-state index >= 15 is 0 Å². The number of methoxy groups -OCH3 is 2. The molecule has 192 valence electrons. The van der Waals surface area contributed by atoms with Gasteiger partial charge in [0.25, 0.3) is 5.91 Å². The lowest BCUT2D eigenvalue weighted by Crippen LogP contribution is -2.51. The van der Waals surface area contributed by atoms with E-state index in [0.717, 1.165) is 44.1 Å². The number of likely N-dealkylation sites (tertiary alicyclic amines) is 1. The first kappa shape index (κ1) is 24.9. The van der Waals surface area contributed by atoms with Crippen LogP contribution in [0, 0.1) is 17.2 Å². The van der Waals surface area contributed by atoms with E-state index in [-0.39, 0.29) is 22.6 Å². The van der Waals surface area contributed by atoms with Crippen LogP contribution in [-0.2, 0) is 10.2 Å². The van der Waals surface area contributed by atoms with Crippen molar-refractivity contribution in [2.45, 2.75) is 43.9 Å². The molecule has 0 bridgehead atoms. The number of carbonyl (C=O) groups excluding carboxylic acids is 2. The third-order valence-electron chi connectivity index (χ3n) is 8.65. The fraction of sp³-hybridized carbons (Fsp3) is 0.500. The maximum atomic E-state index is 14.8. The van der Waals surface area contributed by atoms with E-state index in [0.29, 0.717) is 36.3 Å². The Hall–Kier alpha value is -2.80. The molecule has 0 radical (unpaired) electrons. The van der Waals surface area contributed by atoms with Gasteiger partial charge in [-0.05, 0) is 55.4 Å². The summed E-state index contributed by atoms with van der Waals surface area (Å²) >= 11 is 6.09. The standard InChI is InChI=1S/C28H32ClFN2O4/c1-35-21-13-22(24(30)23(14-21)36-2)25(33)31-16-27-10-3-5-19(27)15-32(17-27)26(34)28(11-4-12-28)18-6-8-20(29)9-7-18/h6-9,13-14,19H,3-5,10-12,15-17H2,1-2H3,(H,31,33)/t19-,27-/m0/s1. The van der Waals surface area contributed by atoms with Crippen LogP contribution in [0.1, 0.15) is 54.4 Å². The summed E-state index contributed by atoms with van der Waals surface area (Å²) in [7, 11) is 2.81. The summed E-state index contributed by atoms with van der Waals surface area (Å²) in [6.45, 7) is 1.70. The maximum Gasteiger partial charge on any atom is 0.254 e. The summed E-state index contributed by atoms with van der Waals surface area (Å²) in [6, 6.07) is 10.5. The Morgan fingerprint density at radius 2 is 1.86 bits per heavy atom. The molecule has 5 rings (SSSR count). The number of nitrogens with zero attached hydrogens (tertiary/aromatic N) is 1. The van der Waals surface area contributed by atoms with E-state index in [4.69, 9.17) is 21.1 Å². The van der Waals surface area contributed by atoms with Crippen molar-refractivity contribution in [3.63, 3.8) is 0 Å². The van der Waals surface area contributed by atoms with Gasteiger partial charge in [-0.2, -0.15) is 0 Å². The number of hydrogen-bond donors (Lipinski definition) is 1. The van der Waals surface area contributed by atoms with Crippen LogP contribution in [0.4, 0.5) is 4.39 Å². The normalized spacial score (nSPS) is 24.1. The Balaban J connectivity index is 1.32. The Morgan fingerprint density at radius 1 is 1.11 bits per heavy atom. The van der Waals surface area contributed by atoms with Gasteiger partial charge in [-0.1, -0.05) is 36.6 Å². The van der Waals surface area contributed by atoms with Gasteiger partial charge in [0, 0.05) is 36.1 Å². The number of nitrogens with one attached hydrogen (secondary N) is 1. The van der Waals surface area contributed by atoms with Gasteiger partial charge in [-0.3, -0.25) is 9.59 Å². The highest BCUT2D eigenvalue weighted by Gasteiger charge is 2.55. The fourth-order valence-corrected chi connectivity index (χ4v) is 6.57. The summed E-state index contributed by atoms with van der Waals surface area (Å²) in [6.07, 6.45) is 5.73. The maximum absolute atomic E-state index is 14.8. The van der Waals surface area contributed by atoms with E-state index in [1.54, 1.807) is 0 Å². The van der Waals surface area contributed by atoms with Crippen LogP contribution in [-0.4, -0.2) is 50.6 Å². The van der Waals surface area contributed by atoms with E-state index in [1.165, 1.54) is 26.4 Å². The molecule has 0 unspecified atom stereocenters. The first-order valence-corrected chi connectivity index (χ1v) is 12.9. The Kier molecular flexibility index (Phi) is 6.62. The minimum Gasteiger partial charge on any atom is -0.497 e. The van der Waals surface area contributed by atoms with E-state index < -0.39 is 17.1 Å². The van der Waals surface area contributed by atoms with Gasteiger partial charge in [0.2, 0.25) is 5.91 Å². The smallest absolute Gasteiger partial charge is 0.254 e. The van der Waals surface area contributed by atoms with Crippen LogP contribution in [0.2, 0.25) is 5.02 Å². The molecular weight excluding hydrogens is 483 g/mol. The quantitative estimate of drug-likeness (QED) is 0.566. The van der Waals surface area contributed by atoms with Gasteiger partial charge in [0.05, 0.1) is 25.2 Å². The van der Waals surface area contributed by atoms with Crippen molar-refractivity contribution < 1.29 is 23.5 Å². The predicted molar refractivity (Wildman–Crippen MR) is 135 cm³/mol. The number of rotatable bonds is 7. The summed E-state index contributed by atoms with van der Waals surface area (Å²) < 4.78 is 25.1. The fourth-order valence-electron chi connectivity index (χ4n) is 6.44. The predicted octanol–water partition coefficient (Wildman–Crippen LogP) is 4.98. The number of benzene rings is 2. The zero-order chi connectivity index (χ0) is 25.5. The van der Waals surface area contributed by atoms with E-state index in [1.807, 2.05) is 29.2 Å². The molecule has 6 nitrogen and oxygen atoms in total. The molecule has 36 heavy (non-hydrogen) atoms. The van der Waals surface area contributed by atoms with Crippen molar-refractivity contribution in [1.29, 1.82) is 0 Å². The minimum atomic E-state index is -0.714. The molecule has 1 aliphatic heterocycles. The monoisotopic (exact) mass is 514 g/mol. The minimum absolute atomic E-state index is 0.0398. The highest BCUT2D eigenvalue weighted by atomic mass is 35.5. The highest BCUT2D eigenvalue weighted by Crippen LogP contribution is 2.52. The van der Waals surface area contributed by atoms with Crippen molar-refractivity contribution in [2.75, 3.05) is 33.9 Å². The summed E-state index contributed by atoms with van der Waals surface area (Å²) in [5.41, 5.74) is 0.244. The van der Waals surface area contributed by atoms with Crippen LogP contribution >= 0.6 is 11.6 Å². The van der Waals surface area contributed by atoms with Crippen molar-refractivity contribution in [3.05, 3.63) is 58.4 Å². The number of halogens is 2. The van der Waals surface area contributed by atoms with Crippen molar-refractivity contribution in [2.24, 2.45) is 11.3 Å². The molecule has 3 aliphatic rings. The summed E-state index contributed by atoms with van der Waals surface area (Å²) in [4.78, 5) is 28.9. The third-order valence-corrected chi connectivity index (χ3v) is 8.91. The number of fused-ring (bicyclic) bond motifs is 1. The average molecular weight is 515 g/mol. The molecule has 1 heterocycles. The molecule has 0 aromatic heterocycles. The Morgan fingerprint density at radius 3 is 2.50 bits per heavy atom. The molecule has 8 heteroatoms. The van der Waals surface area contributed by atoms with Gasteiger partial charge < -0.3 is 19.7 Å². The van der Waals surface area contributed by atoms with Crippen LogP contribution in [0.5, 0.6) is 11.5 Å². The van der Waals surface area contributed by atoms with Gasteiger partial charge in [0.15, 0.2) is 11.6 Å². The molecule has 3 fully saturated rings. The molecule has 0 spiro atoms. The average Bonchev–Trinajstić information content (AvgIpc) is 3.41. The zero-order valence-corrected chi connectivity index (χ0v) is 21.5. The van der Waals surface area contributed by atoms with Gasteiger partial charge in [0.1, 0.15) is 5.75 Å². The summed E-state index contributed by atoms with van der Waals surface area (Å²) in [5.74, 6) is -0.419. The number of ether oxygens (including phenoxy) is 2. The van der Waals surface area contributed by atoms with Crippen LogP contribution in [0.15, 0.2) is 36.4 Å². The SMILES string of the molecule is COc1cc(OC)c(F)c(C(=O)NC[C@]23CCC[C@H]2CN(C(=O)C2(c4ccc(Cl)cc4)CCC2)C3)c1. The molecular formula is C28H32ClFN2O4. The highest BCUT2D eigenvalue weighted by molar-refractivity contribution is 6.30. The topological polar surface area (TPSA) is 67.9 Å². The lowest BCUT2D eigenvalue weighted by atomic mass is 9.63. The molecule has 1 N–H and O–H groups in total. The molecule has 2 atom stereocenters. The zero-order valence-electron chi connectivity index (χ0n) is 20.7. The molecule has 1 saturated heterocycles. The third kappa shape index (κ3) is 4.11.